The Kier molecular flexibility index (Phi) is 12.8. The van der Waals surface area contributed by atoms with Gasteiger partial charge in [-0.05, 0) is 50.2 Å². The van der Waals surface area contributed by atoms with Gasteiger partial charge in [0.1, 0.15) is 11.3 Å². The number of phenols is 1. The summed E-state index contributed by atoms with van der Waals surface area (Å²) in [6, 6.07) is 4.95. The van der Waals surface area contributed by atoms with Gasteiger partial charge in [0, 0.05) is 0 Å². The van der Waals surface area contributed by atoms with Crippen LogP contribution >= 0.6 is 0 Å². The van der Waals surface area contributed by atoms with Crippen molar-refractivity contribution < 1.29 is 15.0 Å². The normalized spacial score (nSPS) is 11.6. The molecular formula is C24H36O3. The van der Waals surface area contributed by atoms with Gasteiger partial charge in [-0.2, -0.15) is 0 Å². The van der Waals surface area contributed by atoms with Crippen LogP contribution < -0.4 is 0 Å². The van der Waals surface area contributed by atoms with E-state index in [1.807, 2.05) is 0 Å². The zero-order valence-corrected chi connectivity index (χ0v) is 16.8. The first-order valence-electron chi connectivity index (χ1n) is 10.5. The minimum absolute atomic E-state index is 0.0590. The number of unbranched alkanes of at least 4 members (excludes halogenated alkanes) is 9. The number of aromatic carboxylic acids is 1. The molecule has 0 bridgehead atoms. The van der Waals surface area contributed by atoms with E-state index in [0.29, 0.717) is 6.42 Å². The van der Waals surface area contributed by atoms with Crippen LogP contribution in [0.4, 0.5) is 0 Å². The summed E-state index contributed by atoms with van der Waals surface area (Å²) in [5.41, 5.74) is 0.791. The molecule has 0 heterocycles. The van der Waals surface area contributed by atoms with Gasteiger partial charge < -0.3 is 10.2 Å². The Morgan fingerprint density at radius 1 is 0.889 bits per heavy atom. The van der Waals surface area contributed by atoms with Crippen molar-refractivity contribution in [1.29, 1.82) is 0 Å². The predicted octanol–water partition coefficient (Wildman–Crippen LogP) is 7.06. The Labute approximate surface area is 164 Å². The monoisotopic (exact) mass is 372 g/mol. The van der Waals surface area contributed by atoms with Crippen molar-refractivity contribution in [3.8, 4) is 5.75 Å². The molecule has 1 rings (SSSR count). The van der Waals surface area contributed by atoms with E-state index in [-0.39, 0.29) is 11.3 Å². The fraction of sp³-hybridized carbons (Fsp3) is 0.542. The van der Waals surface area contributed by atoms with E-state index in [0.717, 1.165) is 24.8 Å². The number of hydrogen-bond acceptors (Lipinski definition) is 2. The van der Waals surface area contributed by atoms with Crippen molar-refractivity contribution in [2.75, 3.05) is 0 Å². The maximum atomic E-state index is 11.2. The lowest BCUT2D eigenvalue weighted by atomic mass is 9.99. The van der Waals surface area contributed by atoms with Crippen molar-refractivity contribution in [3.63, 3.8) is 0 Å². The number of rotatable bonds is 15. The Morgan fingerprint density at radius 2 is 1.48 bits per heavy atom. The zero-order valence-electron chi connectivity index (χ0n) is 16.8. The first-order valence-corrected chi connectivity index (χ1v) is 10.5. The summed E-state index contributed by atoms with van der Waals surface area (Å²) in [4.78, 5) is 11.2. The Morgan fingerprint density at radius 3 is 2.11 bits per heavy atom. The van der Waals surface area contributed by atoms with Crippen molar-refractivity contribution in [1.82, 2.24) is 0 Å². The van der Waals surface area contributed by atoms with E-state index in [4.69, 9.17) is 0 Å². The number of hydrogen-bond donors (Lipinski definition) is 2. The van der Waals surface area contributed by atoms with Gasteiger partial charge in [0.15, 0.2) is 0 Å². The second-order valence-corrected chi connectivity index (χ2v) is 7.13. The molecule has 0 saturated carbocycles. The molecule has 3 nitrogen and oxygen atoms in total. The molecule has 0 saturated heterocycles. The zero-order chi connectivity index (χ0) is 19.7. The molecule has 0 aromatic heterocycles. The topological polar surface area (TPSA) is 57.5 Å². The lowest BCUT2D eigenvalue weighted by Gasteiger charge is -2.07. The molecule has 0 radical (unpaired) electrons. The number of aryl methyl sites for hydroxylation is 1. The minimum atomic E-state index is -1.05. The summed E-state index contributed by atoms with van der Waals surface area (Å²) >= 11 is 0. The summed E-state index contributed by atoms with van der Waals surface area (Å²) in [5.74, 6) is -1.18. The number of carbonyl (C=O) groups is 1. The second-order valence-electron chi connectivity index (χ2n) is 7.13. The summed E-state index contributed by atoms with van der Waals surface area (Å²) in [6.45, 7) is 2.23. The number of carboxylic acids is 1. The maximum absolute atomic E-state index is 11.2. The third kappa shape index (κ3) is 10.6. The Hall–Kier alpha value is -2.03. The fourth-order valence-corrected chi connectivity index (χ4v) is 3.19. The Balaban J connectivity index is 2.04. The number of benzene rings is 1. The molecule has 0 aliphatic heterocycles. The lowest BCUT2D eigenvalue weighted by molar-refractivity contribution is 0.0692. The average molecular weight is 373 g/mol. The van der Waals surface area contributed by atoms with Crippen LogP contribution in [0.15, 0.2) is 42.5 Å². The lowest BCUT2D eigenvalue weighted by Crippen LogP contribution is -2.03. The average Bonchev–Trinajstić information content (AvgIpc) is 2.64. The van der Waals surface area contributed by atoms with Crippen LogP contribution in [0.5, 0.6) is 5.75 Å². The van der Waals surface area contributed by atoms with Gasteiger partial charge in [-0.25, -0.2) is 4.79 Å². The molecule has 0 unspecified atom stereocenters. The molecule has 2 N–H and O–H groups in total. The molecule has 27 heavy (non-hydrogen) atoms. The van der Waals surface area contributed by atoms with Crippen LogP contribution in [-0.2, 0) is 6.42 Å². The summed E-state index contributed by atoms with van der Waals surface area (Å²) in [7, 11) is 0. The highest BCUT2D eigenvalue weighted by molar-refractivity contribution is 5.92. The van der Waals surface area contributed by atoms with Crippen LogP contribution in [0, 0.1) is 0 Å². The first-order chi connectivity index (χ1) is 13.2. The predicted molar refractivity (Wildman–Crippen MR) is 114 cm³/mol. The first kappa shape index (κ1) is 23.0. The van der Waals surface area contributed by atoms with Gasteiger partial charge in [0.05, 0.1) is 0 Å². The molecule has 0 amide bonds. The SMILES string of the molecule is CCCCCC=CC=CCCCCCCCCc1cccc(O)c1C(=O)O. The van der Waals surface area contributed by atoms with Gasteiger partial charge >= 0.3 is 5.97 Å². The highest BCUT2D eigenvalue weighted by Crippen LogP contribution is 2.23. The standard InChI is InChI=1S/C24H36O3/c1-2-3-4-5-6-7-8-9-10-11-12-13-14-15-16-18-21-19-17-20-22(25)23(21)24(26)27/h6-9,17,19-20,25H,2-5,10-16,18H2,1H3,(H,26,27). The van der Waals surface area contributed by atoms with Gasteiger partial charge in [-0.15, -0.1) is 0 Å². The summed E-state index contributed by atoms with van der Waals surface area (Å²) in [5, 5.41) is 18.9. The fourth-order valence-electron chi connectivity index (χ4n) is 3.19. The van der Waals surface area contributed by atoms with E-state index >= 15 is 0 Å². The molecule has 1 aromatic rings. The van der Waals surface area contributed by atoms with Crippen LogP contribution in [0.25, 0.3) is 0 Å². The molecule has 1 aromatic carbocycles. The summed E-state index contributed by atoms with van der Waals surface area (Å²) in [6.07, 6.45) is 22.8. The quantitative estimate of drug-likeness (QED) is 0.256. The van der Waals surface area contributed by atoms with Gasteiger partial charge in [0.2, 0.25) is 0 Å². The highest BCUT2D eigenvalue weighted by Gasteiger charge is 2.14. The molecule has 0 spiro atoms. The van der Waals surface area contributed by atoms with E-state index in [1.54, 1.807) is 12.1 Å². The molecule has 3 heteroatoms. The van der Waals surface area contributed by atoms with Crippen molar-refractivity contribution in [2.45, 2.75) is 84.0 Å². The Bertz CT molecular complexity index is 587. The maximum Gasteiger partial charge on any atom is 0.339 e. The van der Waals surface area contributed by atoms with Crippen LogP contribution in [0.3, 0.4) is 0 Å². The summed E-state index contributed by atoms with van der Waals surface area (Å²) < 4.78 is 0. The van der Waals surface area contributed by atoms with Crippen molar-refractivity contribution in [3.05, 3.63) is 53.6 Å². The van der Waals surface area contributed by atoms with E-state index in [2.05, 4.69) is 31.2 Å². The third-order valence-corrected chi connectivity index (χ3v) is 4.77. The van der Waals surface area contributed by atoms with Gasteiger partial charge in [0.25, 0.3) is 0 Å². The van der Waals surface area contributed by atoms with E-state index in [1.165, 1.54) is 57.4 Å². The smallest absolute Gasteiger partial charge is 0.339 e. The van der Waals surface area contributed by atoms with Crippen LogP contribution in [0.1, 0.15) is 93.5 Å². The minimum Gasteiger partial charge on any atom is -0.507 e. The number of aromatic hydroxyl groups is 1. The van der Waals surface area contributed by atoms with Crippen molar-refractivity contribution >= 4 is 5.97 Å². The second kappa shape index (κ2) is 15.1. The third-order valence-electron chi connectivity index (χ3n) is 4.77. The largest absolute Gasteiger partial charge is 0.507 e. The van der Waals surface area contributed by atoms with Crippen LogP contribution in [0.2, 0.25) is 0 Å². The number of allylic oxidation sites excluding steroid dienone is 4. The van der Waals surface area contributed by atoms with E-state index in [9.17, 15) is 15.0 Å². The molecule has 0 atom stereocenters. The van der Waals surface area contributed by atoms with Crippen molar-refractivity contribution in [2.24, 2.45) is 0 Å². The molecule has 0 aliphatic carbocycles. The van der Waals surface area contributed by atoms with Crippen LogP contribution in [-0.4, -0.2) is 16.2 Å². The number of carboxylic acid groups (broad SMARTS) is 1. The van der Waals surface area contributed by atoms with Gasteiger partial charge in [-0.1, -0.05) is 81.9 Å². The molecule has 0 fully saturated rings. The molecule has 150 valence electrons. The van der Waals surface area contributed by atoms with Gasteiger partial charge in [-0.3, -0.25) is 0 Å². The molecular weight excluding hydrogens is 336 g/mol. The van der Waals surface area contributed by atoms with E-state index < -0.39 is 5.97 Å². The molecule has 0 aliphatic rings. The highest BCUT2D eigenvalue weighted by atomic mass is 16.4.